The predicted molar refractivity (Wildman–Crippen MR) is 84.9 cm³/mol. The number of ether oxygens (including phenoxy) is 1. The maximum Gasteiger partial charge on any atom is 0.309 e. The summed E-state index contributed by atoms with van der Waals surface area (Å²) in [5, 5.41) is 4.53. The summed E-state index contributed by atoms with van der Waals surface area (Å²) in [6.45, 7) is 0.289. The number of sulfonamides is 1. The minimum absolute atomic E-state index is 0.109. The van der Waals surface area contributed by atoms with E-state index in [-0.39, 0.29) is 24.6 Å². The van der Waals surface area contributed by atoms with Gasteiger partial charge in [-0.3, -0.25) is 9.59 Å². The molecule has 1 fully saturated rings. The molecule has 23 heavy (non-hydrogen) atoms. The Labute approximate surface area is 142 Å². The second kappa shape index (κ2) is 7.39. The highest BCUT2D eigenvalue weighted by molar-refractivity contribution is 9.10. The molecule has 1 atom stereocenters. The average molecular weight is 406 g/mol. The molecule has 0 unspecified atom stereocenters. The first kappa shape index (κ1) is 17.9. The highest BCUT2D eigenvalue weighted by Gasteiger charge is 2.36. The quantitative estimate of drug-likeness (QED) is 0.666. The van der Waals surface area contributed by atoms with E-state index >= 15 is 0 Å². The summed E-state index contributed by atoms with van der Waals surface area (Å²) >= 11 is 3.25. The van der Waals surface area contributed by atoms with Gasteiger partial charge in [-0.2, -0.15) is 4.31 Å². The lowest BCUT2D eigenvalue weighted by molar-refractivity contribution is -0.139. The van der Waals surface area contributed by atoms with Crippen LogP contribution in [0.15, 0.2) is 33.6 Å². The zero-order valence-corrected chi connectivity index (χ0v) is 14.7. The smallest absolute Gasteiger partial charge is 0.309 e. The van der Waals surface area contributed by atoms with Crippen LogP contribution in [0, 0.1) is 0 Å². The van der Waals surface area contributed by atoms with Gasteiger partial charge in [-0.1, -0.05) is 15.9 Å². The Morgan fingerprint density at radius 2 is 1.96 bits per heavy atom. The van der Waals surface area contributed by atoms with Crippen molar-refractivity contribution < 1.29 is 22.7 Å². The molecule has 1 heterocycles. The molecule has 2 N–H and O–H groups in total. The number of benzene rings is 1. The number of hydrogen-bond acceptors (Lipinski definition) is 5. The Bertz CT molecular complexity index is 692. The largest absolute Gasteiger partial charge is 0.359 e. The Hall–Kier alpha value is -1.49. The summed E-state index contributed by atoms with van der Waals surface area (Å²) in [4.78, 5) is 22.7. The molecule has 126 valence electrons. The summed E-state index contributed by atoms with van der Waals surface area (Å²) in [5.41, 5.74) is 0. The molecule has 1 aliphatic rings. The number of hydrogen-bond donors (Lipinski definition) is 2. The van der Waals surface area contributed by atoms with Gasteiger partial charge in [0.25, 0.3) is 0 Å². The van der Waals surface area contributed by atoms with Crippen molar-refractivity contribution in [3.8, 4) is 0 Å². The van der Waals surface area contributed by atoms with Crippen molar-refractivity contribution in [3.63, 3.8) is 0 Å². The topological polar surface area (TPSA) is 105 Å². The van der Waals surface area contributed by atoms with Gasteiger partial charge in [-0.25, -0.2) is 8.42 Å². The van der Waals surface area contributed by atoms with Crippen LogP contribution in [0.5, 0.6) is 0 Å². The molecule has 2 rings (SSSR count). The van der Waals surface area contributed by atoms with Gasteiger partial charge in [0.15, 0.2) is 0 Å². The number of nitrogens with one attached hydrogen (secondary N) is 2. The molecule has 0 aliphatic carbocycles. The maximum atomic E-state index is 12.6. The molecule has 1 saturated heterocycles. The lowest BCUT2D eigenvalue weighted by Gasteiger charge is -2.22. The summed E-state index contributed by atoms with van der Waals surface area (Å²) in [6.07, 6.45) is -0.850. The van der Waals surface area contributed by atoms with E-state index in [1.807, 2.05) is 0 Å². The number of rotatable bonds is 4. The van der Waals surface area contributed by atoms with E-state index in [0.29, 0.717) is 0 Å². The number of carbonyl (C=O) groups excluding carboxylic acids is 2. The van der Waals surface area contributed by atoms with Crippen LogP contribution < -0.4 is 10.6 Å². The first-order valence-electron chi connectivity index (χ1n) is 6.75. The van der Waals surface area contributed by atoms with E-state index in [2.05, 4.69) is 26.6 Å². The van der Waals surface area contributed by atoms with Gasteiger partial charge in [0.2, 0.25) is 10.0 Å². The average Bonchev–Trinajstić information content (AvgIpc) is 3.01. The zero-order chi connectivity index (χ0) is 17.0. The molecular weight excluding hydrogens is 390 g/mol. The summed E-state index contributed by atoms with van der Waals surface area (Å²) in [6, 6.07) is 6.23. The number of carbonyl (C=O) groups is 2. The van der Waals surface area contributed by atoms with Crippen LogP contribution in [0.1, 0.15) is 0 Å². The van der Waals surface area contributed by atoms with Gasteiger partial charge in [0.05, 0.1) is 18.0 Å². The number of likely N-dealkylation sites (N-methyl/N-ethyl adjacent to an activating group) is 1. The van der Waals surface area contributed by atoms with Crippen molar-refractivity contribution in [1.29, 1.82) is 0 Å². The highest BCUT2D eigenvalue weighted by atomic mass is 79.9. The predicted octanol–water partition coefficient (Wildman–Crippen LogP) is -0.342. The molecule has 1 aliphatic heterocycles. The summed E-state index contributed by atoms with van der Waals surface area (Å²) in [7, 11) is -2.41. The number of nitrogens with zero attached hydrogens (tertiary/aromatic N) is 1. The van der Waals surface area contributed by atoms with E-state index in [1.165, 1.54) is 23.5 Å². The fourth-order valence-electron chi connectivity index (χ4n) is 2.06. The first-order valence-corrected chi connectivity index (χ1v) is 8.98. The summed E-state index contributed by atoms with van der Waals surface area (Å²) < 4.78 is 32.5. The first-order chi connectivity index (χ1) is 10.9. The summed E-state index contributed by atoms with van der Waals surface area (Å²) in [5.74, 6) is -1.64. The molecule has 1 aromatic carbocycles. The van der Waals surface area contributed by atoms with Crippen LogP contribution in [0.2, 0.25) is 0 Å². The van der Waals surface area contributed by atoms with Crippen LogP contribution in [0.4, 0.5) is 0 Å². The molecule has 10 heteroatoms. The highest BCUT2D eigenvalue weighted by Crippen LogP contribution is 2.23. The molecule has 8 nitrogen and oxygen atoms in total. The van der Waals surface area contributed by atoms with Crippen LogP contribution in [0.25, 0.3) is 0 Å². The lowest BCUT2D eigenvalue weighted by atomic mass is 10.4. The van der Waals surface area contributed by atoms with Crippen molar-refractivity contribution in [2.45, 2.75) is 11.1 Å². The van der Waals surface area contributed by atoms with Crippen molar-refractivity contribution in [1.82, 2.24) is 14.9 Å². The van der Waals surface area contributed by atoms with Crippen LogP contribution >= 0.6 is 15.9 Å². The van der Waals surface area contributed by atoms with Crippen LogP contribution in [-0.2, 0) is 24.3 Å². The molecule has 0 spiro atoms. The van der Waals surface area contributed by atoms with Crippen molar-refractivity contribution in [2.75, 3.05) is 26.7 Å². The van der Waals surface area contributed by atoms with Gasteiger partial charge in [-0.05, 0) is 24.3 Å². The Morgan fingerprint density at radius 3 is 2.57 bits per heavy atom. The van der Waals surface area contributed by atoms with E-state index in [0.717, 1.165) is 4.47 Å². The van der Waals surface area contributed by atoms with Gasteiger partial charge < -0.3 is 15.4 Å². The number of halogens is 1. The van der Waals surface area contributed by atoms with Gasteiger partial charge in [0.1, 0.15) is 6.23 Å². The number of amides is 2. The fourth-order valence-corrected chi connectivity index (χ4v) is 3.83. The third kappa shape index (κ3) is 4.08. The van der Waals surface area contributed by atoms with Gasteiger partial charge >= 0.3 is 11.8 Å². The Kier molecular flexibility index (Phi) is 5.74. The molecular formula is C13H16BrN3O5S. The monoisotopic (exact) mass is 405 g/mol. The minimum atomic E-state index is -3.74. The second-order valence-electron chi connectivity index (χ2n) is 4.68. The zero-order valence-electron chi connectivity index (χ0n) is 12.3. The third-order valence-electron chi connectivity index (χ3n) is 3.23. The van der Waals surface area contributed by atoms with Crippen molar-refractivity contribution in [2.24, 2.45) is 0 Å². The van der Waals surface area contributed by atoms with E-state index in [4.69, 9.17) is 4.74 Å². The lowest BCUT2D eigenvalue weighted by Crippen LogP contribution is -2.46. The molecule has 0 radical (unpaired) electrons. The molecule has 2 amide bonds. The fraction of sp³-hybridized carbons (Fsp3) is 0.385. The van der Waals surface area contributed by atoms with Crippen molar-refractivity contribution in [3.05, 3.63) is 28.7 Å². The molecule has 0 saturated carbocycles. The Morgan fingerprint density at radius 1 is 1.30 bits per heavy atom. The van der Waals surface area contributed by atoms with Crippen molar-refractivity contribution >= 4 is 37.8 Å². The van der Waals surface area contributed by atoms with Gasteiger partial charge in [0, 0.05) is 18.1 Å². The van der Waals surface area contributed by atoms with Crippen LogP contribution in [0.3, 0.4) is 0 Å². The molecule has 1 aromatic rings. The van der Waals surface area contributed by atoms with E-state index in [1.54, 1.807) is 12.1 Å². The molecule has 0 bridgehead atoms. The maximum absolute atomic E-state index is 12.6. The normalized spacial score (nSPS) is 18.6. The van der Waals surface area contributed by atoms with E-state index < -0.39 is 28.1 Å². The van der Waals surface area contributed by atoms with Crippen LogP contribution in [-0.4, -0.2) is 57.5 Å². The second-order valence-corrected chi connectivity index (χ2v) is 7.49. The van der Waals surface area contributed by atoms with Gasteiger partial charge in [-0.15, -0.1) is 0 Å². The minimum Gasteiger partial charge on any atom is -0.359 e. The van der Waals surface area contributed by atoms with E-state index in [9.17, 15) is 18.0 Å². The third-order valence-corrected chi connectivity index (χ3v) is 5.67. The SMILES string of the molecule is CNC(=O)C(=O)NC[C@@H]1OCCN1S(=O)(=O)c1ccc(Br)cc1. The standard InChI is InChI=1S/C13H16BrN3O5S/c1-15-12(18)13(19)16-8-11-17(6-7-22-11)23(20,21)10-4-2-9(14)3-5-10/h2-5,11H,6-8H2,1H3,(H,15,18)(H,16,19)/t11-/m0/s1. The molecule has 0 aromatic heterocycles. The Balaban J connectivity index is 2.10.